The molecule has 0 aromatic heterocycles. The second kappa shape index (κ2) is 3.88. The Morgan fingerprint density at radius 1 is 1.21 bits per heavy atom. The molecule has 1 heterocycles. The predicted octanol–water partition coefficient (Wildman–Crippen LogP) is 1.74. The van der Waals surface area contributed by atoms with E-state index in [1.807, 2.05) is 12.1 Å². The summed E-state index contributed by atoms with van der Waals surface area (Å²) in [5.41, 5.74) is 1.27. The van der Waals surface area contributed by atoms with Crippen molar-refractivity contribution in [2.24, 2.45) is 0 Å². The van der Waals surface area contributed by atoms with Crippen molar-refractivity contribution < 1.29 is 9.47 Å². The van der Waals surface area contributed by atoms with E-state index < -0.39 is 0 Å². The quantitative estimate of drug-likeness (QED) is 0.793. The molecule has 0 saturated carbocycles. The first-order chi connectivity index (χ1) is 6.85. The molecule has 3 nitrogen and oxygen atoms in total. The van der Waals surface area contributed by atoms with Crippen molar-refractivity contribution in [2.75, 3.05) is 20.8 Å². The topological polar surface area (TPSA) is 30.5 Å². The van der Waals surface area contributed by atoms with Crippen molar-refractivity contribution in [3.8, 4) is 11.5 Å². The first-order valence-corrected chi connectivity index (χ1v) is 4.80. The van der Waals surface area contributed by atoms with Crippen LogP contribution in [0.5, 0.6) is 11.5 Å². The van der Waals surface area contributed by atoms with Gasteiger partial charge in [-0.05, 0) is 30.7 Å². The maximum Gasteiger partial charge on any atom is 0.161 e. The molecule has 0 unspecified atom stereocenters. The van der Waals surface area contributed by atoms with Gasteiger partial charge in [0.25, 0.3) is 0 Å². The summed E-state index contributed by atoms with van der Waals surface area (Å²) >= 11 is 0. The molecule has 0 radical (unpaired) electrons. The standard InChI is InChI=1S/C11H15NO2/c1-13-10-4-3-8(7-11(10)14-2)9-5-6-12-9/h3-4,7,9,12H,5-6H2,1-2H3/t9-/m0/s1. The number of methoxy groups -OCH3 is 2. The lowest BCUT2D eigenvalue weighted by Crippen LogP contribution is -2.34. The SMILES string of the molecule is COc1ccc([C@@H]2CCN2)cc1OC. The van der Waals surface area contributed by atoms with Crippen LogP contribution >= 0.6 is 0 Å². The zero-order valence-electron chi connectivity index (χ0n) is 8.54. The van der Waals surface area contributed by atoms with E-state index in [9.17, 15) is 0 Å². The Bertz CT molecular complexity index is 321. The van der Waals surface area contributed by atoms with E-state index >= 15 is 0 Å². The van der Waals surface area contributed by atoms with Gasteiger partial charge < -0.3 is 14.8 Å². The van der Waals surface area contributed by atoms with E-state index in [0.29, 0.717) is 6.04 Å². The normalized spacial score (nSPS) is 20.0. The highest BCUT2D eigenvalue weighted by molar-refractivity contribution is 5.44. The molecule has 1 aromatic carbocycles. The second-order valence-corrected chi connectivity index (χ2v) is 3.41. The minimum atomic E-state index is 0.495. The molecule has 14 heavy (non-hydrogen) atoms. The Labute approximate surface area is 84.0 Å². The van der Waals surface area contributed by atoms with Crippen LogP contribution in [0.2, 0.25) is 0 Å². The summed E-state index contributed by atoms with van der Waals surface area (Å²) in [5, 5.41) is 3.35. The molecule has 3 heteroatoms. The summed E-state index contributed by atoms with van der Waals surface area (Å²) in [4.78, 5) is 0. The highest BCUT2D eigenvalue weighted by Gasteiger charge is 2.19. The maximum atomic E-state index is 5.24. The van der Waals surface area contributed by atoms with Crippen molar-refractivity contribution in [1.29, 1.82) is 0 Å². The average Bonchev–Trinajstić information content (AvgIpc) is 2.15. The molecule has 1 saturated heterocycles. The van der Waals surface area contributed by atoms with Crippen molar-refractivity contribution in [3.05, 3.63) is 23.8 Å². The van der Waals surface area contributed by atoms with Crippen LogP contribution in [-0.2, 0) is 0 Å². The van der Waals surface area contributed by atoms with Crippen molar-refractivity contribution in [3.63, 3.8) is 0 Å². The molecule has 0 bridgehead atoms. The molecule has 2 rings (SSSR count). The minimum absolute atomic E-state index is 0.495. The summed E-state index contributed by atoms with van der Waals surface area (Å²) in [6, 6.07) is 6.57. The Kier molecular flexibility index (Phi) is 2.59. The van der Waals surface area contributed by atoms with E-state index in [4.69, 9.17) is 9.47 Å². The highest BCUT2D eigenvalue weighted by atomic mass is 16.5. The van der Waals surface area contributed by atoms with Crippen LogP contribution in [-0.4, -0.2) is 20.8 Å². The Hall–Kier alpha value is -1.22. The number of rotatable bonds is 3. The van der Waals surface area contributed by atoms with E-state index in [0.717, 1.165) is 18.0 Å². The average molecular weight is 193 g/mol. The molecule has 1 aliphatic rings. The van der Waals surface area contributed by atoms with Crippen molar-refractivity contribution in [1.82, 2.24) is 5.32 Å². The fourth-order valence-corrected chi connectivity index (χ4v) is 1.64. The summed E-state index contributed by atoms with van der Waals surface area (Å²) < 4.78 is 10.4. The number of benzene rings is 1. The lowest BCUT2D eigenvalue weighted by Gasteiger charge is -2.28. The van der Waals surface area contributed by atoms with Crippen LogP contribution in [0.1, 0.15) is 18.0 Å². The van der Waals surface area contributed by atoms with E-state index in [-0.39, 0.29) is 0 Å². The third-order valence-electron chi connectivity index (χ3n) is 2.63. The number of hydrogen-bond acceptors (Lipinski definition) is 3. The zero-order chi connectivity index (χ0) is 9.97. The molecule has 76 valence electrons. The van der Waals surface area contributed by atoms with Gasteiger partial charge in [0.1, 0.15) is 0 Å². The van der Waals surface area contributed by atoms with Crippen LogP contribution in [0, 0.1) is 0 Å². The summed E-state index contributed by atoms with van der Waals surface area (Å²) in [6.07, 6.45) is 1.20. The fraction of sp³-hybridized carbons (Fsp3) is 0.455. The molecular weight excluding hydrogens is 178 g/mol. The van der Waals surface area contributed by atoms with Gasteiger partial charge in [-0.1, -0.05) is 6.07 Å². The van der Waals surface area contributed by atoms with Gasteiger partial charge in [0.15, 0.2) is 11.5 Å². The van der Waals surface area contributed by atoms with E-state index in [1.54, 1.807) is 14.2 Å². The van der Waals surface area contributed by atoms with Gasteiger partial charge in [0.05, 0.1) is 14.2 Å². The van der Waals surface area contributed by atoms with Crippen molar-refractivity contribution in [2.45, 2.75) is 12.5 Å². The van der Waals surface area contributed by atoms with Gasteiger partial charge in [0, 0.05) is 6.04 Å². The maximum absolute atomic E-state index is 5.24. The van der Waals surface area contributed by atoms with Gasteiger partial charge in [-0.3, -0.25) is 0 Å². The van der Waals surface area contributed by atoms with Gasteiger partial charge in [0.2, 0.25) is 0 Å². The van der Waals surface area contributed by atoms with Gasteiger partial charge in [-0.25, -0.2) is 0 Å². The van der Waals surface area contributed by atoms with Gasteiger partial charge in [-0.15, -0.1) is 0 Å². The third-order valence-corrected chi connectivity index (χ3v) is 2.63. The first-order valence-electron chi connectivity index (χ1n) is 4.80. The molecular formula is C11H15NO2. The minimum Gasteiger partial charge on any atom is -0.493 e. The molecule has 1 atom stereocenters. The Morgan fingerprint density at radius 2 is 1.93 bits per heavy atom. The van der Waals surface area contributed by atoms with Crippen LogP contribution < -0.4 is 14.8 Å². The highest BCUT2D eigenvalue weighted by Crippen LogP contribution is 2.32. The van der Waals surface area contributed by atoms with Crippen LogP contribution in [0.25, 0.3) is 0 Å². The molecule has 1 fully saturated rings. The zero-order valence-corrected chi connectivity index (χ0v) is 8.54. The van der Waals surface area contributed by atoms with Crippen LogP contribution in [0.3, 0.4) is 0 Å². The lowest BCUT2D eigenvalue weighted by molar-refractivity contribution is 0.349. The summed E-state index contributed by atoms with van der Waals surface area (Å²) in [6.45, 7) is 1.11. The summed E-state index contributed by atoms with van der Waals surface area (Å²) in [5.74, 6) is 1.59. The summed E-state index contributed by atoms with van der Waals surface area (Å²) in [7, 11) is 3.31. The van der Waals surface area contributed by atoms with E-state index in [2.05, 4.69) is 11.4 Å². The largest absolute Gasteiger partial charge is 0.493 e. The molecule has 0 spiro atoms. The Morgan fingerprint density at radius 3 is 2.43 bits per heavy atom. The van der Waals surface area contributed by atoms with Gasteiger partial charge in [-0.2, -0.15) is 0 Å². The number of ether oxygens (including phenoxy) is 2. The third kappa shape index (κ3) is 1.55. The van der Waals surface area contributed by atoms with Crippen molar-refractivity contribution >= 4 is 0 Å². The fourth-order valence-electron chi connectivity index (χ4n) is 1.64. The lowest BCUT2D eigenvalue weighted by atomic mass is 9.98. The molecule has 1 aromatic rings. The van der Waals surface area contributed by atoms with Crippen LogP contribution in [0.4, 0.5) is 0 Å². The smallest absolute Gasteiger partial charge is 0.161 e. The Balaban J connectivity index is 2.26. The number of hydrogen-bond donors (Lipinski definition) is 1. The molecule has 0 aliphatic carbocycles. The van der Waals surface area contributed by atoms with Crippen LogP contribution in [0.15, 0.2) is 18.2 Å². The van der Waals surface area contributed by atoms with Gasteiger partial charge >= 0.3 is 0 Å². The van der Waals surface area contributed by atoms with E-state index in [1.165, 1.54) is 12.0 Å². The molecule has 1 N–H and O–H groups in total. The predicted molar refractivity (Wildman–Crippen MR) is 54.9 cm³/mol. The second-order valence-electron chi connectivity index (χ2n) is 3.41. The monoisotopic (exact) mass is 193 g/mol. The molecule has 1 aliphatic heterocycles. The number of nitrogens with one attached hydrogen (secondary N) is 1. The first kappa shape index (κ1) is 9.34. The molecule has 0 amide bonds.